The molecule has 0 atom stereocenters. The molecule has 0 spiro atoms. The molecule has 74 valence electrons. The number of hydrogen-bond donors (Lipinski definition) is 0. The van der Waals surface area contributed by atoms with Gasteiger partial charge < -0.3 is 4.74 Å². The smallest absolute Gasteiger partial charge is 0.342 e. The summed E-state index contributed by atoms with van der Waals surface area (Å²) < 4.78 is 4.73. The van der Waals surface area contributed by atoms with Crippen molar-refractivity contribution >= 4 is 12.3 Å². The normalized spacial score (nSPS) is 9.57. The minimum absolute atomic E-state index is 0.0657. The molecule has 1 aromatic rings. The second-order valence-corrected chi connectivity index (χ2v) is 2.55. The van der Waals surface area contributed by atoms with E-state index >= 15 is 0 Å². The first-order chi connectivity index (χ1) is 6.69. The lowest BCUT2D eigenvalue weighted by Gasteiger charge is -2.03. The summed E-state index contributed by atoms with van der Waals surface area (Å²) in [7, 11) is 0. The van der Waals surface area contributed by atoms with Crippen LogP contribution in [0.3, 0.4) is 0 Å². The van der Waals surface area contributed by atoms with Crippen molar-refractivity contribution in [2.24, 2.45) is 0 Å². The number of rotatable bonds is 3. The quantitative estimate of drug-likeness (QED) is 0.525. The van der Waals surface area contributed by atoms with E-state index in [9.17, 15) is 9.59 Å². The number of aldehydes is 1. The van der Waals surface area contributed by atoms with Gasteiger partial charge in [-0.25, -0.2) is 14.8 Å². The van der Waals surface area contributed by atoms with Crippen LogP contribution in [0.25, 0.3) is 0 Å². The second-order valence-electron chi connectivity index (χ2n) is 2.55. The summed E-state index contributed by atoms with van der Waals surface area (Å²) in [4.78, 5) is 29.5. The van der Waals surface area contributed by atoms with E-state index in [4.69, 9.17) is 4.74 Å². The number of aryl methyl sites for hydroxylation is 1. The minimum Gasteiger partial charge on any atom is -0.462 e. The van der Waals surface area contributed by atoms with Crippen molar-refractivity contribution in [2.75, 3.05) is 6.61 Å². The van der Waals surface area contributed by atoms with E-state index in [0.29, 0.717) is 12.1 Å². The number of carbonyl (C=O) groups excluding carboxylic acids is 2. The summed E-state index contributed by atoms with van der Waals surface area (Å²) in [5.41, 5.74) is 0.170. The molecule has 1 heterocycles. The van der Waals surface area contributed by atoms with Gasteiger partial charge in [-0.3, -0.25) is 4.79 Å². The van der Waals surface area contributed by atoms with E-state index in [1.165, 1.54) is 6.20 Å². The number of esters is 1. The molecule has 5 heteroatoms. The zero-order valence-corrected chi connectivity index (χ0v) is 7.98. The summed E-state index contributed by atoms with van der Waals surface area (Å²) in [5, 5.41) is 0. The van der Waals surface area contributed by atoms with Gasteiger partial charge in [-0.05, 0) is 13.8 Å². The monoisotopic (exact) mass is 194 g/mol. The fourth-order valence-electron chi connectivity index (χ4n) is 0.943. The Bertz CT molecular complexity index is 363. The summed E-state index contributed by atoms with van der Waals surface area (Å²) in [6.07, 6.45) is 1.81. The summed E-state index contributed by atoms with van der Waals surface area (Å²) in [5.74, 6) is -0.130. The van der Waals surface area contributed by atoms with Crippen LogP contribution in [0.4, 0.5) is 0 Å². The lowest BCUT2D eigenvalue weighted by atomic mass is 10.2. The summed E-state index contributed by atoms with van der Waals surface area (Å²) in [6, 6.07) is 0. The van der Waals surface area contributed by atoms with Crippen molar-refractivity contribution in [1.82, 2.24) is 9.97 Å². The van der Waals surface area contributed by atoms with Gasteiger partial charge in [-0.15, -0.1) is 0 Å². The van der Waals surface area contributed by atoms with Crippen molar-refractivity contribution in [3.63, 3.8) is 0 Å². The lowest BCUT2D eigenvalue weighted by Crippen LogP contribution is -2.10. The van der Waals surface area contributed by atoms with Crippen LogP contribution in [0.15, 0.2) is 6.20 Å². The lowest BCUT2D eigenvalue weighted by molar-refractivity contribution is 0.0523. The molecule has 0 aliphatic heterocycles. The number of aromatic nitrogens is 2. The van der Waals surface area contributed by atoms with Crippen LogP contribution < -0.4 is 0 Å². The molecule has 1 aromatic heterocycles. The molecule has 0 aliphatic rings. The Labute approximate surface area is 81.1 Å². The van der Waals surface area contributed by atoms with Crippen molar-refractivity contribution in [1.29, 1.82) is 0 Å². The van der Waals surface area contributed by atoms with Crippen molar-refractivity contribution in [3.05, 3.63) is 23.3 Å². The van der Waals surface area contributed by atoms with Crippen molar-refractivity contribution in [3.8, 4) is 0 Å². The minimum atomic E-state index is -0.574. The van der Waals surface area contributed by atoms with Crippen LogP contribution in [0.5, 0.6) is 0 Å². The van der Waals surface area contributed by atoms with Crippen LogP contribution in [-0.2, 0) is 4.74 Å². The largest absolute Gasteiger partial charge is 0.462 e. The maximum absolute atomic E-state index is 11.3. The van der Waals surface area contributed by atoms with Crippen molar-refractivity contribution < 1.29 is 14.3 Å². The van der Waals surface area contributed by atoms with Gasteiger partial charge in [-0.2, -0.15) is 0 Å². The molecule has 0 aromatic carbocycles. The molecule has 0 saturated heterocycles. The van der Waals surface area contributed by atoms with E-state index in [1.807, 2.05) is 0 Å². The van der Waals surface area contributed by atoms with E-state index in [-0.39, 0.29) is 17.9 Å². The second kappa shape index (κ2) is 4.45. The molecular weight excluding hydrogens is 184 g/mol. The molecule has 1 rings (SSSR count). The zero-order chi connectivity index (χ0) is 10.6. The first-order valence-corrected chi connectivity index (χ1v) is 4.15. The summed E-state index contributed by atoms with van der Waals surface area (Å²) in [6.45, 7) is 3.58. The Morgan fingerprint density at radius 3 is 2.93 bits per heavy atom. The van der Waals surface area contributed by atoms with Crippen molar-refractivity contribution in [2.45, 2.75) is 13.8 Å². The maximum Gasteiger partial charge on any atom is 0.342 e. The van der Waals surface area contributed by atoms with Crippen LogP contribution in [0, 0.1) is 6.92 Å². The van der Waals surface area contributed by atoms with Crippen LogP contribution in [-0.4, -0.2) is 28.8 Å². The molecule has 0 bridgehead atoms. The first kappa shape index (κ1) is 10.3. The third-order valence-electron chi connectivity index (χ3n) is 1.55. The van der Waals surface area contributed by atoms with Gasteiger partial charge in [0, 0.05) is 6.20 Å². The maximum atomic E-state index is 11.3. The van der Waals surface area contributed by atoms with Crippen LogP contribution >= 0.6 is 0 Å². The van der Waals surface area contributed by atoms with E-state index in [1.54, 1.807) is 13.8 Å². The number of ether oxygens (including phenoxy) is 1. The highest BCUT2D eigenvalue weighted by molar-refractivity contribution is 5.96. The molecule has 0 amide bonds. The molecule has 0 radical (unpaired) electrons. The molecule has 0 saturated carbocycles. The molecule has 0 unspecified atom stereocenters. The topological polar surface area (TPSA) is 69.2 Å². The highest BCUT2D eigenvalue weighted by Gasteiger charge is 2.13. The average molecular weight is 194 g/mol. The van der Waals surface area contributed by atoms with Gasteiger partial charge in [0.15, 0.2) is 6.29 Å². The van der Waals surface area contributed by atoms with Crippen LogP contribution in [0.2, 0.25) is 0 Å². The van der Waals surface area contributed by atoms with Gasteiger partial charge in [0.25, 0.3) is 0 Å². The molecule has 0 N–H and O–H groups in total. The molecule has 14 heavy (non-hydrogen) atoms. The first-order valence-electron chi connectivity index (χ1n) is 4.15. The Hall–Kier alpha value is -1.78. The number of hydrogen-bond acceptors (Lipinski definition) is 5. The van der Waals surface area contributed by atoms with E-state index in [2.05, 4.69) is 9.97 Å². The van der Waals surface area contributed by atoms with Gasteiger partial charge in [0.05, 0.1) is 6.61 Å². The molecular formula is C9H10N2O3. The Morgan fingerprint density at radius 2 is 2.36 bits per heavy atom. The highest BCUT2D eigenvalue weighted by Crippen LogP contribution is 2.04. The molecule has 5 nitrogen and oxygen atoms in total. The molecule has 0 fully saturated rings. The zero-order valence-electron chi connectivity index (χ0n) is 7.98. The van der Waals surface area contributed by atoms with Gasteiger partial charge in [0.2, 0.25) is 0 Å². The highest BCUT2D eigenvalue weighted by atomic mass is 16.5. The third kappa shape index (κ3) is 2.12. The van der Waals surface area contributed by atoms with Gasteiger partial charge >= 0.3 is 5.97 Å². The van der Waals surface area contributed by atoms with Gasteiger partial charge in [0.1, 0.15) is 17.1 Å². The number of nitrogens with zero attached hydrogens (tertiary/aromatic N) is 2. The van der Waals surface area contributed by atoms with Crippen LogP contribution in [0.1, 0.15) is 33.6 Å². The molecule has 0 aliphatic carbocycles. The summed E-state index contributed by atoms with van der Waals surface area (Å²) >= 11 is 0. The fourth-order valence-corrected chi connectivity index (χ4v) is 0.943. The predicted molar refractivity (Wildman–Crippen MR) is 48.1 cm³/mol. The Morgan fingerprint density at radius 1 is 1.64 bits per heavy atom. The average Bonchev–Trinajstić information content (AvgIpc) is 2.17. The number of carbonyl (C=O) groups is 2. The fraction of sp³-hybridized carbons (Fsp3) is 0.333. The predicted octanol–water partition coefficient (Wildman–Crippen LogP) is 0.774. The van der Waals surface area contributed by atoms with E-state index < -0.39 is 5.97 Å². The Balaban J connectivity index is 3.07. The van der Waals surface area contributed by atoms with Gasteiger partial charge in [-0.1, -0.05) is 0 Å². The SMILES string of the molecule is CCOC(=O)c1cnc(C)nc1C=O. The van der Waals surface area contributed by atoms with E-state index in [0.717, 1.165) is 0 Å². The third-order valence-corrected chi connectivity index (χ3v) is 1.55. The Kier molecular flexibility index (Phi) is 3.28. The standard InChI is InChI=1S/C9H10N2O3/c1-3-14-9(13)7-4-10-6(2)11-8(7)5-12/h4-5H,3H2,1-2H3.